The molecule has 0 spiro atoms. The molecule has 0 aliphatic carbocycles. The zero-order valence-corrected chi connectivity index (χ0v) is 16.3. The molecule has 0 bridgehead atoms. The van der Waals surface area contributed by atoms with Crippen LogP contribution < -0.4 is 10.6 Å². The van der Waals surface area contributed by atoms with Crippen LogP contribution in [0.1, 0.15) is 34.6 Å². The average molecular weight is 342 g/mol. The molecule has 1 aliphatic heterocycles. The number of guanidine groups is 1. The molecule has 0 radical (unpaired) electrons. The number of morpholine rings is 1. The number of rotatable bonds is 5. The third-order valence-corrected chi connectivity index (χ3v) is 4.01. The Morgan fingerprint density at radius 3 is 2.67 bits per heavy atom. The predicted octanol–water partition coefficient (Wildman–Crippen LogP) is 0.518. The molecule has 1 heterocycles. The van der Waals surface area contributed by atoms with Crippen molar-refractivity contribution in [3.8, 4) is 0 Å². The molecule has 0 aromatic heterocycles. The minimum absolute atomic E-state index is 0.0113. The quantitative estimate of drug-likeness (QED) is 0.564. The second kappa shape index (κ2) is 9.22. The molecule has 1 fully saturated rings. The number of nitrogens with one attached hydrogen (secondary N) is 2. The summed E-state index contributed by atoms with van der Waals surface area (Å²) in [6, 6.07) is 0.797. The molecule has 140 valence electrons. The molecule has 1 rings (SSSR count). The normalized spacial score (nSPS) is 21.3. The Hall–Kier alpha value is -1.34. The van der Waals surface area contributed by atoms with Gasteiger partial charge in [-0.2, -0.15) is 0 Å². The van der Waals surface area contributed by atoms with Gasteiger partial charge in [0.1, 0.15) is 0 Å². The summed E-state index contributed by atoms with van der Waals surface area (Å²) in [6.07, 6.45) is 0. The van der Waals surface area contributed by atoms with Crippen molar-refractivity contribution in [2.24, 2.45) is 4.99 Å². The van der Waals surface area contributed by atoms with E-state index in [0.717, 1.165) is 32.3 Å². The van der Waals surface area contributed by atoms with Crippen molar-refractivity contribution in [1.29, 1.82) is 0 Å². The van der Waals surface area contributed by atoms with E-state index >= 15 is 0 Å². The molecule has 2 N–H and O–H groups in total. The Morgan fingerprint density at radius 2 is 2.12 bits per heavy atom. The second-order valence-corrected chi connectivity index (χ2v) is 7.59. The number of carbonyl (C=O) groups is 1. The van der Waals surface area contributed by atoms with Crippen LogP contribution in [0.5, 0.6) is 0 Å². The number of nitrogens with zero attached hydrogens (tertiary/aromatic N) is 3. The lowest BCUT2D eigenvalue weighted by molar-refractivity contribution is -0.122. The lowest BCUT2D eigenvalue weighted by Crippen LogP contribution is -2.54. The van der Waals surface area contributed by atoms with E-state index in [2.05, 4.69) is 34.4 Å². The Balaban J connectivity index is 2.47. The number of aliphatic imine (C=N–C) groups is 1. The first kappa shape index (κ1) is 20.7. The van der Waals surface area contributed by atoms with E-state index in [1.54, 1.807) is 7.05 Å². The van der Waals surface area contributed by atoms with Crippen LogP contribution in [0, 0.1) is 0 Å². The Labute approximate surface area is 146 Å². The van der Waals surface area contributed by atoms with Crippen molar-refractivity contribution in [3.63, 3.8) is 0 Å². The second-order valence-electron chi connectivity index (χ2n) is 7.59. The summed E-state index contributed by atoms with van der Waals surface area (Å²) in [4.78, 5) is 20.6. The number of likely N-dealkylation sites (N-methyl/N-ethyl adjacent to an activating group) is 1. The summed E-state index contributed by atoms with van der Waals surface area (Å²) < 4.78 is 5.49. The summed E-state index contributed by atoms with van der Waals surface area (Å²) >= 11 is 0. The summed E-state index contributed by atoms with van der Waals surface area (Å²) in [7, 11) is 3.61. The molecule has 2 atom stereocenters. The molecule has 1 saturated heterocycles. The van der Waals surface area contributed by atoms with Gasteiger partial charge in [0.2, 0.25) is 5.91 Å². The molecule has 7 heteroatoms. The summed E-state index contributed by atoms with van der Waals surface area (Å²) in [5.41, 5.74) is -0.226. The van der Waals surface area contributed by atoms with Crippen LogP contribution in [0.25, 0.3) is 0 Å². The number of hydrogen-bond donors (Lipinski definition) is 2. The van der Waals surface area contributed by atoms with Gasteiger partial charge in [0.05, 0.1) is 19.8 Å². The predicted molar refractivity (Wildman–Crippen MR) is 98.3 cm³/mol. The van der Waals surface area contributed by atoms with Crippen molar-refractivity contribution < 1.29 is 9.53 Å². The number of amides is 1. The van der Waals surface area contributed by atoms with Crippen LogP contribution in [0.3, 0.4) is 0 Å². The maximum absolute atomic E-state index is 12.1. The summed E-state index contributed by atoms with van der Waals surface area (Å²) in [6.45, 7) is 13.9. The van der Waals surface area contributed by atoms with Gasteiger partial charge < -0.3 is 20.3 Å². The Kier molecular flexibility index (Phi) is 7.96. The first-order valence-electron chi connectivity index (χ1n) is 8.70. The van der Waals surface area contributed by atoms with Gasteiger partial charge >= 0.3 is 0 Å². The van der Waals surface area contributed by atoms with Crippen molar-refractivity contribution in [3.05, 3.63) is 0 Å². The topological polar surface area (TPSA) is 69.2 Å². The first-order valence-corrected chi connectivity index (χ1v) is 8.70. The van der Waals surface area contributed by atoms with Crippen LogP contribution in [-0.4, -0.2) is 86.2 Å². The van der Waals surface area contributed by atoms with Crippen LogP contribution in [0.4, 0.5) is 0 Å². The Morgan fingerprint density at radius 1 is 1.46 bits per heavy atom. The molecule has 1 amide bonds. The standard InChI is InChI=1S/C17H35N5O2/c1-13(22-8-9-24-12-14(22)2)10-19-16(18-6)21(7)11-15(23)20-17(3,4)5/h13-14H,8-12H2,1-7H3,(H,18,19)(H,20,23). The maximum Gasteiger partial charge on any atom is 0.240 e. The number of carbonyl (C=O) groups excluding carboxylic acids is 1. The minimum atomic E-state index is -0.226. The molecule has 0 aromatic rings. The van der Waals surface area contributed by atoms with E-state index in [1.807, 2.05) is 32.7 Å². The molecule has 2 unspecified atom stereocenters. The highest BCUT2D eigenvalue weighted by Gasteiger charge is 2.24. The molecule has 0 saturated carbocycles. The van der Waals surface area contributed by atoms with Gasteiger partial charge in [0.15, 0.2) is 5.96 Å². The third-order valence-electron chi connectivity index (χ3n) is 4.01. The van der Waals surface area contributed by atoms with Crippen molar-refractivity contribution in [1.82, 2.24) is 20.4 Å². The van der Waals surface area contributed by atoms with Gasteiger partial charge in [0, 0.05) is 44.8 Å². The van der Waals surface area contributed by atoms with Crippen LogP contribution in [0.15, 0.2) is 4.99 Å². The van der Waals surface area contributed by atoms with Gasteiger partial charge in [-0.05, 0) is 34.6 Å². The third kappa shape index (κ3) is 7.05. The average Bonchev–Trinajstić information content (AvgIpc) is 2.45. The molecule has 0 aromatic carbocycles. The van der Waals surface area contributed by atoms with Gasteiger partial charge in [-0.3, -0.25) is 14.7 Å². The Bertz CT molecular complexity index is 433. The van der Waals surface area contributed by atoms with Crippen LogP contribution >= 0.6 is 0 Å². The number of hydrogen-bond acceptors (Lipinski definition) is 4. The fraction of sp³-hybridized carbons (Fsp3) is 0.882. The minimum Gasteiger partial charge on any atom is -0.379 e. The van der Waals surface area contributed by atoms with Gasteiger partial charge in [0.25, 0.3) is 0 Å². The largest absolute Gasteiger partial charge is 0.379 e. The van der Waals surface area contributed by atoms with Gasteiger partial charge in [-0.25, -0.2) is 0 Å². The maximum atomic E-state index is 12.1. The highest BCUT2D eigenvalue weighted by molar-refractivity contribution is 5.86. The van der Waals surface area contributed by atoms with Crippen molar-refractivity contribution >= 4 is 11.9 Å². The monoisotopic (exact) mass is 341 g/mol. The fourth-order valence-corrected chi connectivity index (χ4v) is 2.88. The number of ether oxygens (including phenoxy) is 1. The van der Waals surface area contributed by atoms with E-state index in [0.29, 0.717) is 12.1 Å². The van der Waals surface area contributed by atoms with E-state index in [9.17, 15) is 4.79 Å². The SMILES string of the molecule is CN=C(NCC(C)N1CCOCC1C)N(C)CC(=O)NC(C)(C)C. The summed E-state index contributed by atoms with van der Waals surface area (Å²) in [5, 5.41) is 6.33. The van der Waals surface area contributed by atoms with E-state index in [-0.39, 0.29) is 18.0 Å². The first-order chi connectivity index (χ1) is 11.1. The van der Waals surface area contributed by atoms with Gasteiger partial charge in [-0.15, -0.1) is 0 Å². The lowest BCUT2D eigenvalue weighted by atomic mass is 10.1. The zero-order valence-electron chi connectivity index (χ0n) is 16.3. The van der Waals surface area contributed by atoms with Gasteiger partial charge in [-0.1, -0.05) is 0 Å². The zero-order chi connectivity index (χ0) is 18.3. The summed E-state index contributed by atoms with van der Waals surface area (Å²) in [5.74, 6) is 0.717. The van der Waals surface area contributed by atoms with Crippen molar-refractivity contribution in [2.45, 2.75) is 52.2 Å². The van der Waals surface area contributed by atoms with Crippen molar-refractivity contribution in [2.75, 3.05) is 46.9 Å². The highest BCUT2D eigenvalue weighted by Crippen LogP contribution is 2.10. The molecule has 7 nitrogen and oxygen atoms in total. The van der Waals surface area contributed by atoms with Crippen LogP contribution in [0.2, 0.25) is 0 Å². The molecule has 24 heavy (non-hydrogen) atoms. The smallest absolute Gasteiger partial charge is 0.240 e. The van der Waals surface area contributed by atoms with Crippen LogP contribution in [-0.2, 0) is 9.53 Å². The highest BCUT2D eigenvalue weighted by atomic mass is 16.5. The molecule has 1 aliphatic rings. The lowest BCUT2D eigenvalue weighted by Gasteiger charge is -2.38. The molecular weight excluding hydrogens is 306 g/mol. The van der Waals surface area contributed by atoms with E-state index in [1.165, 1.54) is 0 Å². The van der Waals surface area contributed by atoms with E-state index < -0.39 is 0 Å². The fourth-order valence-electron chi connectivity index (χ4n) is 2.88. The molecular formula is C17H35N5O2. The van der Waals surface area contributed by atoms with E-state index in [4.69, 9.17) is 4.74 Å².